The average molecular weight is 346 g/mol. The number of nitrogens with zero attached hydrogens (tertiary/aromatic N) is 2. The highest BCUT2D eigenvalue weighted by Gasteiger charge is 2.35. The normalized spacial score (nSPS) is 15.3. The molecule has 1 aromatic carbocycles. The zero-order valence-electron chi connectivity index (χ0n) is 12.6. The summed E-state index contributed by atoms with van der Waals surface area (Å²) in [6, 6.07) is 5.51. The predicted octanol–water partition coefficient (Wildman–Crippen LogP) is 2.23. The van der Waals surface area contributed by atoms with E-state index in [2.05, 4.69) is 4.98 Å². The minimum absolute atomic E-state index is 0.0179. The summed E-state index contributed by atoms with van der Waals surface area (Å²) < 4.78 is 10.6. The lowest BCUT2D eigenvalue weighted by molar-refractivity contribution is -0.137. The molecule has 7 nitrogen and oxygen atoms in total. The standard InChI is InChI=1S/C16H14N2O5S/c19-14(20)6-18(10-2-3-10)16(21)11-7-24-15(17-11)9-1-4-12-13(5-9)23-8-22-12/h1,4-5,7,10H,2-3,6,8H2,(H,19,20). The summed E-state index contributed by atoms with van der Waals surface area (Å²) in [5, 5.41) is 11.3. The SMILES string of the molecule is O=C(O)CN(C(=O)c1csc(-c2ccc3c(c2)OCO3)n1)C1CC1. The highest BCUT2D eigenvalue weighted by molar-refractivity contribution is 7.13. The van der Waals surface area contributed by atoms with Crippen LogP contribution in [0, 0.1) is 0 Å². The molecule has 0 bridgehead atoms. The minimum Gasteiger partial charge on any atom is -0.480 e. The zero-order chi connectivity index (χ0) is 16.7. The Morgan fingerprint density at radius 2 is 2.08 bits per heavy atom. The van der Waals surface area contributed by atoms with E-state index in [0.717, 1.165) is 18.4 Å². The molecule has 124 valence electrons. The van der Waals surface area contributed by atoms with Gasteiger partial charge < -0.3 is 19.5 Å². The maximum Gasteiger partial charge on any atom is 0.323 e. The van der Waals surface area contributed by atoms with Gasteiger partial charge in [-0.15, -0.1) is 11.3 Å². The van der Waals surface area contributed by atoms with Gasteiger partial charge in [-0.3, -0.25) is 9.59 Å². The van der Waals surface area contributed by atoms with Crippen LogP contribution >= 0.6 is 11.3 Å². The van der Waals surface area contributed by atoms with Crippen molar-refractivity contribution in [1.29, 1.82) is 0 Å². The molecule has 4 rings (SSSR count). The van der Waals surface area contributed by atoms with Crippen molar-refractivity contribution < 1.29 is 24.2 Å². The van der Waals surface area contributed by atoms with E-state index in [1.54, 1.807) is 5.38 Å². The second kappa shape index (κ2) is 5.79. The van der Waals surface area contributed by atoms with Gasteiger partial charge in [0.1, 0.15) is 17.2 Å². The predicted molar refractivity (Wildman–Crippen MR) is 85.4 cm³/mol. The second-order valence-corrected chi connectivity index (χ2v) is 6.52. The molecule has 1 aliphatic carbocycles. The van der Waals surface area contributed by atoms with Gasteiger partial charge in [0, 0.05) is 17.0 Å². The molecule has 24 heavy (non-hydrogen) atoms. The van der Waals surface area contributed by atoms with Gasteiger partial charge >= 0.3 is 5.97 Å². The van der Waals surface area contributed by atoms with E-state index in [1.165, 1.54) is 16.2 Å². The number of fused-ring (bicyclic) bond motifs is 1. The zero-order valence-corrected chi connectivity index (χ0v) is 13.4. The van der Waals surface area contributed by atoms with Crippen LogP contribution in [-0.2, 0) is 4.79 Å². The first kappa shape index (κ1) is 14.9. The number of aliphatic carboxylic acids is 1. The van der Waals surface area contributed by atoms with Crippen LogP contribution in [-0.4, -0.2) is 46.2 Å². The highest BCUT2D eigenvalue weighted by Crippen LogP contribution is 2.37. The van der Waals surface area contributed by atoms with Crippen molar-refractivity contribution in [2.24, 2.45) is 0 Å². The minimum atomic E-state index is -1.01. The molecule has 1 aromatic heterocycles. The first-order chi connectivity index (χ1) is 11.6. The number of hydrogen-bond donors (Lipinski definition) is 1. The van der Waals surface area contributed by atoms with E-state index in [4.69, 9.17) is 14.6 Å². The van der Waals surface area contributed by atoms with Gasteiger partial charge in [0.2, 0.25) is 6.79 Å². The number of carbonyl (C=O) groups is 2. The molecule has 1 saturated carbocycles. The fourth-order valence-electron chi connectivity index (χ4n) is 2.58. The number of rotatable bonds is 5. The maximum atomic E-state index is 12.6. The summed E-state index contributed by atoms with van der Waals surface area (Å²) in [5.41, 5.74) is 1.11. The molecule has 0 unspecified atom stereocenters. The second-order valence-electron chi connectivity index (χ2n) is 5.66. The molecule has 1 N–H and O–H groups in total. The molecule has 2 heterocycles. The number of ether oxygens (including phenoxy) is 2. The van der Waals surface area contributed by atoms with Gasteiger partial charge in [0.25, 0.3) is 5.91 Å². The molecule has 0 radical (unpaired) electrons. The lowest BCUT2D eigenvalue weighted by Gasteiger charge is -2.18. The molecule has 0 saturated heterocycles. The Bertz CT molecular complexity index is 815. The van der Waals surface area contributed by atoms with Crippen molar-refractivity contribution >= 4 is 23.2 Å². The van der Waals surface area contributed by atoms with E-state index >= 15 is 0 Å². The Kier molecular flexibility index (Phi) is 3.61. The number of benzene rings is 1. The van der Waals surface area contributed by atoms with Gasteiger partial charge in [-0.1, -0.05) is 0 Å². The number of carbonyl (C=O) groups excluding carboxylic acids is 1. The van der Waals surface area contributed by atoms with E-state index in [0.29, 0.717) is 16.5 Å². The molecule has 8 heteroatoms. The van der Waals surface area contributed by atoms with Gasteiger partial charge in [-0.25, -0.2) is 4.98 Å². The maximum absolute atomic E-state index is 12.6. The van der Waals surface area contributed by atoms with Crippen molar-refractivity contribution in [1.82, 2.24) is 9.88 Å². The number of hydrogen-bond acceptors (Lipinski definition) is 6. The van der Waals surface area contributed by atoms with Gasteiger partial charge in [-0.2, -0.15) is 0 Å². The Morgan fingerprint density at radius 3 is 2.83 bits per heavy atom. The average Bonchev–Trinajstić information content (AvgIpc) is 3.10. The fourth-order valence-corrected chi connectivity index (χ4v) is 3.37. The third kappa shape index (κ3) is 2.80. The van der Waals surface area contributed by atoms with Crippen LogP contribution < -0.4 is 9.47 Å². The van der Waals surface area contributed by atoms with Gasteiger partial charge in [0.15, 0.2) is 11.5 Å². The van der Waals surface area contributed by atoms with Crippen LogP contribution in [0.1, 0.15) is 23.3 Å². The van der Waals surface area contributed by atoms with Crippen LogP contribution in [0.4, 0.5) is 0 Å². The molecular weight excluding hydrogens is 332 g/mol. The first-order valence-corrected chi connectivity index (χ1v) is 8.38. The molecule has 2 aromatic rings. The van der Waals surface area contributed by atoms with Crippen LogP contribution in [0.2, 0.25) is 0 Å². The van der Waals surface area contributed by atoms with Gasteiger partial charge in [-0.05, 0) is 31.0 Å². The lowest BCUT2D eigenvalue weighted by Crippen LogP contribution is -2.37. The molecule has 2 aliphatic rings. The number of amides is 1. The fraction of sp³-hybridized carbons (Fsp3) is 0.312. The first-order valence-electron chi connectivity index (χ1n) is 7.50. The highest BCUT2D eigenvalue weighted by atomic mass is 32.1. The summed E-state index contributed by atoms with van der Waals surface area (Å²) >= 11 is 1.34. The van der Waals surface area contributed by atoms with Gasteiger partial charge in [0.05, 0.1) is 0 Å². The third-order valence-electron chi connectivity index (χ3n) is 3.90. The van der Waals surface area contributed by atoms with E-state index < -0.39 is 5.97 Å². The lowest BCUT2D eigenvalue weighted by atomic mass is 10.2. The van der Waals surface area contributed by atoms with Crippen LogP contribution in [0.15, 0.2) is 23.6 Å². The number of aromatic nitrogens is 1. The molecule has 1 amide bonds. The Morgan fingerprint density at radius 1 is 1.29 bits per heavy atom. The van der Waals surface area contributed by atoms with Crippen LogP contribution in [0.3, 0.4) is 0 Å². The van der Waals surface area contributed by atoms with Crippen molar-refractivity contribution in [3.63, 3.8) is 0 Å². The molecular formula is C16H14N2O5S. The molecule has 0 atom stereocenters. The van der Waals surface area contributed by atoms with Crippen LogP contribution in [0.25, 0.3) is 10.6 Å². The summed E-state index contributed by atoms with van der Waals surface area (Å²) in [6.45, 7) is -0.0910. The molecule has 0 spiro atoms. The van der Waals surface area contributed by atoms with Crippen molar-refractivity contribution in [2.75, 3.05) is 13.3 Å². The number of carboxylic acid groups (broad SMARTS) is 1. The van der Waals surface area contributed by atoms with E-state index in [1.807, 2.05) is 18.2 Å². The third-order valence-corrected chi connectivity index (χ3v) is 4.79. The monoisotopic (exact) mass is 346 g/mol. The topological polar surface area (TPSA) is 89.0 Å². The van der Waals surface area contributed by atoms with Crippen molar-refractivity contribution in [3.05, 3.63) is 29.3 Å². The smallest absolute Gasteiger partial charge is 0.323 e. The number of carboxylic acids is 1. The Labute approximate surface area is 141 Å². The van der Waals surface area contributed by atoms with Crippen molar-refractivity contribution in [3.8, 4) is 22.1 Å². The summed E-state index contributed by atoms with van der Waals surface area (Å²) in [5.74, 6) is -0.00125. The largest absolute Gasteiger partial charge is 0.480 e. The molecule has 1 fully saturated rings. The Balaban J connectivity index is 1.57. The van der Waals surface area contributed by atoms with Crippen LogP contribution in [0.5, 0.6) is 11.5 Å². The quantitative estimate of drug-likeness (QED) is 0.893. The van der Waals surface area contributed by atoms with E-state index in [-0.39, 0.29) is 31.0 Å². The van der Waals surface area contributed by atoms with E-state index in [9.17, 15) is 9.59 Å². The Hall–Kier alpha value is -2.61. The molecule has 1 aliphatic heterocycles. The summed E-state index contributed by atoms with van der Waals surface area (Å²) in [6.07, 6.45) is 1.69. The summed E-state index contributed by atoms with van der Waals surface area (Å²) in [7, 11) is 0. The summed E-state index contributed by atoms with van der Waals surface area (Å²) in [4.78, 5) is 29.3. The number of thiazole rings is 1. The van der Waals surface area contributed by atoms with Crippen molar-refractivity contribution in [2.45, 2.75) is 18.9 Å².